The minimum Gasteiger partial charge on any atom is -0.470 e. The van der Waals surface area contributed by atoms with Crippen LogP contribution < -0.4 is 4.74 Å². The topological polar surface area (TPSA) is 60.2 Å². The number of ether oxygens (including phenoxy) is 1. The van der Waals surface area contributed by atoms with E-state index in [9.17, 15) is 5.11 Å². The number of nitrogens with zero attached hydrogens (tertiary/aromatic N) is 3. The maximum Gasteiger partial charge on any atom is 0.258 e. The van der Waals surface area contributed by atoms with E-state index in [2.05, 4.69) is 28.6 Å². The van der Waals surface area contributed by atoms with Gasteiger partial charge in [-0.15, -0.1) is 5.10 Å². The molecule has 2 heterocycles. The second kappa shape index (κ2) is 6.48. The van der Waals surface area contributed by atoms with Crippen LogP contribution >= 0.6 is 0 Å². The zero-order chi connectivity index (χ0) is 17.4. The van der Waals surface area contributed by atoms with E-state index in [4.69, 9.17) is 4.74 Å². The van der Waals surface area contributed by atoms with Crippen LogP contribution in [-0.4, -0.2) is 19.9 Å². The highest BCUT2D eigenvalue weighted by molar-refractivity contribution is 5.88. The van der Waals surface area contributed by atoms with Gasteiger partial charge in [-0.2, -0.15) is 5.10 Å². The molecule has 1 saturated carbocycles. The Morgan fingerprint density at radius 3 is 2.72 bits per heavy atom. The van der Waals surface area contributed by atoms with E-state index in [-0.39, 0.29) is 6.61 Å². The van der Waals surface area contributed by atoms with E-state index >= 15 is 0 Å². The molecular weight excluding hydrogens is 314 g/mol. The second-order valence-electron chi connectivity index (χ2n) is 6.99. The molecule has 1 N–H and O–H groups in total. The Kier molecular flexibility index (Phi) is 4.17. The molecule has 0 unspecified atom stereocenters. The van der Waals surface area contributed by atoms with Crippen LogP contribution in [0.5, 0.6) is 5.88 Å². The molecule has 5 heteroatoms. The lowest BCUT2D eigenvalue weighted by atomic mass is 10.2. The van der Waals surface area contributed by atoms with E-state index in [1.54, 1.807) is 6.20 Å². The first-order valence-corrected chi connectivity index (χ1v) is 8.80. The smallest absolute Gasteiger partial charge is 0.258 e. The van der Waals surface area contributed by atoms with Crippen LogP contribution in [0, 0.1) is 18.8 Å². The SMILES string of the molecule is Cc1c(CO)c2cnnc(OCc3ccccc3)c2n1C[C@H]1C[C@@H]1C. The summed E-state index contributed by atoms with van der Waals surface area (Å²) in [7, 11) is 0. The van der Waals surface area contributed by atoms with E-state index in [1.807, 2.05) is 30.3 Å². The highest BCUT2D eigenvalue weighted by Gasteiger charge is 2.34. The van der Waals surface area contributed by atoms with Gasteiger partial charge in [0.2, 0.25) is 0 Å². The Labute approximate surface area is 147 Å². The minimum absolute atomic E-state index is 0.000623. The van der Waals surface area contributed by atoms with Gasteiger partial charge in [-0.05, 0) is 30.7 Å². The van der Waals surface area contributed by atoms with Crippen LogP contribution in [0.4, 0.5) is 0 Å². The maximum absolute atomic E-state index is 9.83. The number of aromatic nitrogens is 3. The fraction of sp³-hybridized carbons (Fsp3) is 0.400. The van der Waals surface area contributed by atoms with Crippen LogP contribution in [-0.2, 0) is 19.8 Å². The van der Waals surface area contributed by atoms with Gasteiger partial charge < -0.3 is 14.4 Å². The third-order valence-corrected chi connectivity index (χ3v) is 5.30. The average Bonchev–Trinajstić information content (AvgIpc) is 3.26. The van der Waals surface area contributed by atoms with Crippen LogP contribution in [0.3, 0.4) is 0 Å². The minimum atomic E-state index is -0.000623. The number of benzene rings is 1. The van der Waals surface area contributed by atoms with E-state index in [0.717, 1.165) is 40.2 Å². The summed E-state index contributed by atoms with van der Waals surface area (Å²) in [5.74, 6) is 1.99. The molecule has 5 nitrogen and oxygen atoms in total. The van der Waals surface area contributed by atoms with Crippen molar-refractivity contribution in [1.82, 2.24) is 14.8 Å². The molecule has 3 aromatic rings. The Hall–Kier alpha value is -2.40. The van der Waals surface area contributed by atoms with Crippen molar-refractivity contribution in [3.05, 3.63) is 53.3 Å². The average molecular weight is 337 g/mol. The molecule has 1 aliphatic carbocycles. The van der Waals surface area contributed by atoms with Gasteiger partial charge in [0.1, 0.15) is 12.1 Å². The first-order valence-electron chi connectivity index (χ1n) is 8.80. The molecule has 0 aliphatic heterocycles. The summed E-state index contributed by atoms with van der Waals surface area (Å²) in [4.78, 5) is 0. The molecule has 0 spiro atoms. The van der Waals surface area contributed by atoms with Crippen molar-refractivity contribution < 1.29 is 9.84 Å². The van der Waals surface area contributed by atoms with Gasteiger partial charge in [0.15, 0.2) is 0 Å². The van der Waals surface area contributed by atoms with Gasteiger partial charge in [-0.25, -0.2) is 0 Å². The molecule has 1 aromatic carbocycles. The van der Waals surface area contributed by atoms with Crippen LogP contribution in [0.15, 0.2) is 36.5 Å². The summed E-state index contributed by atoms with van der Waals surface area (Å²) in [6, 6.07) is 10.0. The first-order chi connectivity index (χ1) is 12.2. The van der Waals surface area contributed by atoms with Gasteiger partial charge in [0.25, 0.3) is 5.88 Å². The first kappa shape index (κ1) is 16.1. The van der Waals surface area contributed by atoms with Crippen molar-refractivity contribution >= 4 is 10.9 Å². The summed E-state index contributed by atoms with van der Waals surface area (Å²) >= 11 is 0. The molecular formula is C20H23N3O2. The standard InChI is InChI=1S/C20H23N3O2/c1-13-8-16(13)10-23-14(2)18(11-24)17-9-21-22-20(19(17)23)25-12-15-6-4-3-5-7-15/h3-7,9,13,16,24H,8,10-12H2,1-2H3/t13-,16+/m0/s1. The summed E-state index contributed by atoms with van der Waals surface area (Å²) in [6.07, 6.45) is 2.99. The molecule has 1 fully saturated rings. The second-order valence-corrected chi connectivity index (χ2v) is 6.99. The molecule has 4 rings (SSSR count). The van der Waals surface area contributed by atoms with Crippen LogP contribution in [0.25, 0.3) is 10.9 Å². The highest BCUT2D eigenvalue weighted by atomic mass is 16.5. The molecule has 130 valence electrons. The summed E-state index contributed by atoms with van der Waals surface area (Å²) in [5.41, 5.74) is 4.04. The molecule has 0 amide bonds. The van der Waals surface area contributed by atoms with Crippen molar-refractivity contribution in [2.75, 3.05) is 0 Å². The monoisotopic (exact) mass is 337 g/mol. The van der Waals surface area contributed by atoms with Crippen LogP contribution in [0.2, 0.25) is 0 Å². The molecule has 0 saturated heterocycles. The largest absolute Gasteiger partial charge is 0.470 e. The Bertz CT molecular complexity index is 889. The third kappa shape index (κ3) is 3.00. The van der Waals surface area contributed by atoms with Gasteiger partial charge in [0, 0.05) is 23.2 Å². The predicted octanol–water partition coefficient (Wildman–Crippen LogP) is 3.47. The zero-order valence-electron chi connectivity index (χ0n) is 14.6. The van der Waals surface area contributed by atoms with Crippen molar-refractivity contribution in [3.63, 3.8) is 0 Å². The van der Waals surface area contributed by atoms with Crippen LogP contribution in [0.1, 0.15) is 30.2 Å². The summed E-state index contributed by atoms with van der Waals surface area (Å²) in [5, 5.41) is 19.1. The molecule has 2 atom stereocenters. The fourth-order valence-corrected chi connectivity index (χ4v) is 3.51. The number of rotatable bonds is 6. The maximum atomic E-state index is 9.83. The van der Waals surface area contributed by atoms with Crippen molar-refractivity contribution in [3.8, 4) is 5.88 Å². The molecule has 0 radical (unpaired) electrons. The number of hydrogen-bond donors (Lipinski definition) is 1. The third-order valence-electron chi connectivity index (χ3n) is 5.30. The van der Waals surface area contributed by atoms with E-state index in [1.165, 1.54) is 6.42 Å². The van der Waals surface area contributed by atoms with E-state index in [0.29, 0.717) is 18.4 Å². The van der Waals surface area contributed by atoms with Crippen molar-refractivity contribution in [2.24, 2.45) is 11.8 Å². The lowest BCUT2D eigenvalue weighted by molar-refractivity contribution is 0.282. The van der Waals surface area contributed by atoms with Crippen molar-refractivity contribution in [1.29, 1.82) is 0 Å². The number of hydrogen-bond acceptors (Lipinski definition) is 4. The molecule has 1 aliphatic rings. The highest BCUT2D eigenvalue weighted by Crippen LogP contribution is 2.41. The molecule has 0 bridgehead atoms. The summed E-state index contributed by atoms with van der Waals surface area (Å²) < 4.78 is 8.27. The van der Waals surface area contributed by atoms with Gasteiger partial charge in [-0.1, -0.05) is 37.3 Å². The number of aliphatic hydroxyl groups is 1. The zero-order valence-corrected chi connectivity index (χ0v) is 14.6. The molecule has 2 aromatic heterocycles. The Morgan fingerprint density at radius 2 is 2.04 bits per heavy atom. The Balaban J connectivity index is 1.73. The normalized spacial score (nSPS) is 19.3. The lowest BCUT2D eigenvalue weighted by Crippen LogP contribution is -2.06. The quantitative estimate of drug-likeness (QED) is 0.748. The van der Waals surface area contributed by atoms with Gasteiger partial charge in [-0.3, -0.25) is 0 Å². The fourth-order valence-electron chi connectivity index (χ4n) is 3.51. The lowest BCUT2D eigenvalue weighted by Gasteiger charge is -2.11. The van der Waals surface area contributed by atoms with Gasteiger partial charge in [0.05, 0.1) is 12.8 Å². The Morgan fingerprint density at radius 1 is 1.28 bits per heavy atom. The number of aliphatic hydroxyl groups excluding tert-OH is 1. The van der Waals surface area contributed by atoms with Crippen molar-refractivity contribution in [2.45, 2.75) is 40.0 Å². The summed E-state index contributed by atoms with van der Waals surface area (Å²) in [6.45, 7) is 5.73. The number of fused-ring (bicyclic) bond motifs is 1. The van der Waals surface area contributed by atoms with E-state index < -0.39 is 0 Å². The molecule has 25 heavy (non-hydrogen) atoms. The predicted molar refractivity (Wildman–Crippen MR) is 96.2 cm³/mol. The van der Waals surface area contributed by atoms with Gasteiger partial charge >= 0.3 is 0 Å².